The molecule has 1 unspecified atom stereocenters. The molecule has 0 bridgehead atoms. The standard InChI is InChI=1S/C12H12Cl2/c1-7(2)11-6-12(11)8-3-9(13)5-10(14)4-8/h3-5,12H,6H2,1-2H3. The van der Waals surface area contributed by atoms with Crippen LogP contribution in [0.4, 0.5) is 0 Å². The molecule has 0 aromatic heterocycles. The third-order valence-corrected chi connectivity index (χ3v) is 3.05. The zero-order valence-electron chi connectivity index (χ0n) is 8.27. The van der Waals surface area contributed by atoms with E-state index in [1.54, 1.807) is 6.07 Å². The van der Waals surface area contributed by atoms with Crippen molar-refractivity contribution >= 4 is 23.2 Å². The van der Waals surface area contributed by atoms with Crippen LogP contribution in [0.15, 0.2) is 29.3 Å². The minimum atomic E-state index is 0.566. The summed E-state index contributed by atoms with van der Waals surface area (Å²) in [6.45, 7) is 4.31. The molecule has 74 valence electrons. The first-order valence-electron chi connectivity index (χ1n) is 4.70. The molecule has 1 saturated carbocycles. The van der Waals surface area contributed by atoms with Gasteiger partial charge in [0.05, 0.1) is 0 Å². The Bertz CT molecular complexity index is 381. The van der Waals surface area contributed by atoms with Gasteiger partial charge in [0.1, 0.15) is 0 Å². The lowest BCUT2D eigenvalue weighted by atomic mass is 10.1. The molecule has 0 spiro atoms. The highest BCUT2D eigenvalue weighted by Gasteiger charge is 2.32. The Morgan fingerprint density at radius 3 is 2.14 bits per heavy atom. The van der Waals surface area contributed by atoms with Crippen LogP contribution in [0.25, 0.3) is 0 Å². The van der Waals surface area contributed by atoms with E-state index in [0.29, 0.717) is 5.92 Å². The van der Waals surface area contributed by atoms with Crippen molar-refractivity contribution in [1.29, 1.82) is 0 Å². The predicted molar refractivity (Wildman–Crippen MR) is 62.2 cm³/mol. The van der Waals surface area contributed by atoms with Crippen LogP contribution in [0.5, 0.6) is 0 Å². The maximum absolute atomic E-state index is 5.95. The van der Waals surface area contributed by atoms with E-state index in [-0.39, 0.29) is 0 Å². The van der Waals surface area contributed by atoms with Crippen molar-refractivity contribution < 1.29 is 0 Å². The van der Waals surface area contributed by atoms with Crippen molar-refractivity contribution in [2.45, 2.75) is 26.2 Å². The number of benzene rings is 1. The molecule has 1 aromatic rings. The van der Waals surface area contributed by atoms with Gasteiger partial charge in [-0.15, -0.1) is 0 Å². The lowest BCUT2D eigenvalue weighted by Crippen LogP contribution is -1.80. The highest BCUT2D eigenvalue weighted by molar-refractivity contribution is 6.34. The van der Waals surface area contributed by atoms with Gasteiger partial charge in [0.2, 0.25) is 0 Å². The summed E-state index contributed by atoms with van der Waals surface area (Å²) in [5, 5.41) is 1.46. The Morgan fingerprint density at radius 2 is 1.71 bits per heavy atom. The Morgan fingerprint density at radius 1 is 1.14 bits per heavy atom. The number of halogens is 2. The maximum Gasteiger partial charge on any atom is 0.0423 e. The fourth-order valence-corrected chi connectivity index (χ4v) is 2.35. The lowest BCUT2D eigenvalue weighted by molar-refractivity contribution is 1.15. The van der Waals surface area contributed by atoms with Crippen molar-refractivity contribution in [1.82, 2.24) is 0 Å². The molecule has 2 heteroatoms. The minimum Gasteiger partial charge on any atom is -0.0843 e. The number of rotatable bonds is 1. The number of allylic oxidation sites excluding steroid dienone is 2. The van der Waals surface area contributed by atoms with E-state index >= 15 is 0 Å². The molecule has 1 aromatic carbocycles. The SMILES string of the molecule is CC(C)=C1CC1c1cc(Cl)cc(Cl)c1. The molecule has 0 saturated heterocycles. The van der Waals surface area contributed by atoms with E-state index in [1.165, 1.54) is 23.1 Å². The molecule has 0 aliphatic heterocycles. The molecule has 1 fully saturated rings. The fourth-order valence-electron chi connectivity index (χ4n) is 1.81. The van der Waals surface area contributed by atoms with Crippen LogP contribution in [0.1, 0.15) is 31.7 Å². The highest BCUT2D eigenvalue weighted by atomic mass is 35.5. The lowest BCUT2D eigenvalue weighted by Gasteiger charge is -2.00. The van der Waals surface area contributed by atoms with Crippen molar-refractivity contribution in [3.63, 3.8) is 0 Å². The summed E-state index contributed by atoms with van der Waals surface area (Å²) in [6, 6.07) is 5.79. The Hall–Kier alpha value is -0.460. The van der Waals surface area contributed by atoms with Crippen LogP contribution in [0, 0.1) is 0 Å². The zero-order chi connectivity index (χ0) is 10.3. The van der Waals surface area contributed by atoms with Crippen LogP contribution in [-0.4, -0.2) is 0 Å². The largest absolute Gasteiger partial charge is 0.0843 e. The summed E-state index contributed by atoms with van der Waals surface area (Å²) >= 11 is 11.9. The van der Waals surface area contributed by atoms with Crippen LogP contribution in [0.3, 0.4) is 0 Å². The molecule has 1 aliphatic carbocycles. The summed E-state index contributed by atoms with van der Waals surface area (Å²) in [6.07, 6.45) is 1.17. The van der Waals surface area contributed by atoms with Gasteiger partial charge < -0.3 is 0 Å². The van der Waals surface area contributed by atoms with E-state index in [0.717, 1.165) is 10.0 Å². The Labute approximate surface area is 94.5 Å². The molecule has 0 N–H and O–H groups in total. The van der Waals surface area contributed by atoms with Gasteiger partial charge in [-0.3, -0.25) is 0 Å². The topological polar surface area (TPSA) is 0 Å². The van der Waals surface area contributed by atoms with E-state index < -0.39 is 0 Å². The molecule has 1 atom stereocenters. The van der Waals surface area contributed by atoms with Crippen molar-refractivity contribution in [3.05, 3.63) is 45.0 Å². The third-order valence-electron chi connectivity index (χ3n) is 2.61. The highest BCUT2D eigenvalue weighted by Crippen LogP contribution is 2.49. The summed E-state index contributed by atoms with van der Waals surface area (Å²) in [4.78, 5) is 0. The molecular formula is C12H12Cl2. The maximum atomic E-state index is 5.95. The quantitative estimate of drug-likeness (QED) is 0.603. The van der Waals surface area contributed by atoms with Crippen molar-refractivity contribution in [3.8, 4) is 0 Å². The van der Waals surface area contributed by atoms with Crippen LogP contribution >= 0.6 is 23.2 Å². The number of hydrogen-bond donors (Lipinski definition) is 0. The molecule has 2 rings (SSSR count). The van der Waals surface area contributed by atoms with Crippen molar-refractivity contribution in [2.24, 2.45) is 0 Å². The predicted octanol–water partition coefficient (Wildman–Crippen LogP) is 4.82. The van der Waals surface area contributed by atoms with Gasteiger partial charge in [-0.1, -0.05) is 34.3 Å². The molecule has 0 nitrogen and oxygen atoms in total. The first-order chi connectivity index (χ1) is 6.58. The summed E-state index contributed by atoms with van der Waals surface area (Å²) in [7, 11) is 0. The smallest absolute Gasteiger partial charge is 0.0423 e. The fraction of sp³-hybridized carbons (Fsp3) is 0.333. The van der Waals surface area contributed by atoms with Gasteiger partial charge in [0.15, 0.2) is 0 Å². The third kappa shape index (κ3) is 1.97. The van der Waals surface area contributed by atoms with Crippen LogP contribution in [0.2, 0.25) is 10.0 Å². The first-order valence-corrected chi connectivity index (χ1v) is 5.46. The monoisotopic (exact) mass is 226 g/mol. The first kappa shape index (κ1) is 10.1. The average molecular weight is 227 g/mol. The molecule has 0 radical (unpaired) electrons. The Kier molecular flexibility index (Phi) is 2.59. The molecule has 0 amide bonds. The van der Waals surface area contributed by atoms with Crippen LogP contribution < -0.4 is 0 Å². The van der Waals surface area contributed by atoms with E-state index in [2.05, 4.69) is 13.8 Å². The average Bonchev–Trinajstić information content (AvgIpc) is 2.79. The summed E-state index contributed by atoms with van der Waals surface area (Å²) in [5.74, 6) is 0.566. The second kappa shape index (κ2) is 3.60. The van der Waals surface area contributed by atoms with Crippen molar-refractivity contribution in [2.75, 3.05) is 0 Å². The van der Waals surface area contributed by atoms with E-state index in [1.807, 2.05) is 12.1 Å². The van der Waals surface area contributed by atoms with Gasteiger partial charge >= 0.3 is 0 Å². The zero-order valence-corrected chi connectivity index (χ0v) is 9.78. The second-order valence-electron chi connectivity index (χ2n) is 3.98. The van der Waals surface area contributed by atoms with Gasteiger partial charge in [0.25, 0.3) is 0 Å². The van der Waals surface area contributed by atoms with Gasteiger partial charge in [-0.2, -0.15) is 0 Å². The molecule has 1 aliphatic rings. The summed E-state index contributed by atoms with van der Waals surface area (Å²) < 4.78 is 0. The summed E-state index contributed by atoms with van der Waals surface area (Å²) in [5.41, 5.74) is 4.20. The molecule has 0 heterocycles. The van der Waals surface area contributed by atoms with E-state index in [9.17, 15) is 0 Å². The second-order valence-corrected chi connectivity index (χ2v) is 4.86. The minimum absolute atomic E-state index is 0.566. The molecular weight excluding hydrogens is 215 g/mol. The van der Waals surface area contributed by atoms with Gasteiger partial charge in [-0.05, 0) is 44.0 Å². The van der Waals surface area contributed by atoms with E-state index in [4.69, 9.17) is 23.2 Å². The van der Waals surface area contributed by atoms with Gasteiger partial charge in [-0.25, -0.2) is 0 Å². The normalized spacial score (nSPS) is 19.7. The Balaban J connectivity index is 2.32. The van der Waals surface area contributed by atoms with Gasteiger partial charge in [0, 0.05) is 16.0 Å². The number of hydrogen-bond acceptors (Lipinski definition) is 0. The van der Waals surface area contributed by atoms with Crippen LogP contribution in [-0.2, 0) is 0 Å². The molecule has 14 heavy (non-hydrogen) atoms.